The molecule has 4 fully saturated rings. The first-order valence-electron chi connectivity index (χ1n) is 12.1. The lowest BCUT2D eigenvalue weighted by molar-refractivity contribution is -0.0748. The summed E-state index contributed by atoms with van der Waals surface area (Å²) in [5.41, 5.74) is 1.30. The Balaban J connectivity index is 1.66. The first-order chi connectivity index (χ1) is 12.1. The average Bonchev–Trinajstić information content (AvgIpc) is 3.21. The molecule has 0 aliphatic heterocycles. The average molecular weight is 345 g/mol. The van der Waals surface area contributed by atoms with Gasteiger partial charge in [-0.1, -0.05) is 72.1 Å². The molecule has 0 spiro atoms. The maximum atomic E-state index is 2.69. The highest BCUT2D eigenvalue weighted by atomic mass is 14.7. The van der Waals surface area contributed by atoms with Crippen LogP contribution in [0.15, 0.2) is 0 Å². The number of hydrogen-bond donors (Lipinski definition) is 0. The van der Waals surface area contributed by atoms with Crippen LogP contribution in [0.4, 0.5) is 0 Å². The standard InChI is InChI=1S/C25H44/c1-4-25(21-13-9-6-10-14-21,18-19-11-7-5-8-12-19)23-20-15-16-22(17-20)24(23,2)3/h19-23H,4-18H2,1-3H3. The normalized spacial score (nSPS) is 38.8. The summed E-state index contributed by atoms with van der Waals surface area (Å²) in [7, 11) is 0. The van der Waals surface area contributed by atoms with Gasteiger partial charge in [-0.15, -0.1) is 0 Å². The van der Waals surface area contributed by atoms with Gasteiger partial charge >= 0.3 is 0 Å². The Morgan fingerprint density at radius 2 is 1.44 bits per heavy atom. The number of fused-ring (bicyclic) bond motifs is 2. The summed E-state index contributed by atoms with van der Waals surface area (Å²) >= 11 is 0. The van der Waals surface area contributed by atoms with E-state index in [-0.39, 0.29) is 0 Å². The van der Waals surface area contributed by atoms with Gasteiger partial charge < -0.3 is 0 Å². The SMILES string of the molecule is CCC(CC1CCCCC1)(C1CCCCC1)C1C2CCC(C2)C1(C)C. The summed E-state index contributed by atoms with van der Waals surface area (Å²) in [6.07, 6.45) is 23.1. The molecule has 0 heterocycles. The van der Waals surface area contributed by atoms with E-state index in [1.165, 1.54) is 44.9 Å². The maximum absolute atomic E-state index is 2.69. The quantitative estimate of drug-likeness (QED) is 0.474. The van der Waals surface area contributed by atoms with Gasteiger partial charge in [-0.05, 0) is 85.4 Å². The minimum atomic E-state index is 0.616. The second-order valence-electron chi connectivity index (χ2n) is 11.2. The highest BCUT2D eigenvalue weighted by Gasteiger charge is 2.61. The van der Waals surface area contributed by atoms with Crippen molar-refractivity contribution in [2.24, 2.45) is 40.4 Å². The molecular weight excluding hydrogens is 300 g/mol. The molecule has 4 rings (SSSR count). The summed E-state index contributed by atoms with van der Waals surface area (Å²) < 4.78 is 0. The third-order valence-corrected chi connectivity index (χ3v) is 9.89. The number of rotatable bonds is 5. The monoisotopic (exact) mass is 344 g/mol. The van der Waals surface area contributed by atoms with Crippen molar-refractivity contribution in [2.45, 2.75) is 117 Å². The Morgan fingerprint density at radius 1 is 0.800 bits per heavy atom. The lowest BCUT2D eigenvalue weighted by Gasteiger charge is -2.56. The minimum absolute atomic E-state index is 0.616. The summed E-state index contributed by atoms with van der Waals surface area (Å²) in [5, 5.41) is 0. The Labute approximate surface area is 157 Å². The molecular formula is C25H44. The fourth-order valence-electron chi connectivity index (χ4n) is 8.87. The molecule has 0 radical (unpaired) electrons. The van der Waals surface area contributed by atoms with Crippen molar-refractivity contribution in [2.75, 3.05) is 0 Å². The van der Waals surface area contributed by atoms with Gasteiger partial charge in [0.25, 0.3) is 0 Å². The molecule has 25 heavy (non-hydrogen) atoms. The van der Waals surface area contributed by atoms with Crippen LogP contribution in [0.25, 0.3) is 0 Å². The molecule has 0 aromatic rings. The van der Waals surface area contributed by atoms with Crippen LogP contribution < -0.4 is 0 Å². The van der Waals surface area contributed by atoms with Gasteiger partial charge in [0.2, 0.25) is 0 Å². The predicted molar refractivity (Wildman–Crippen MR) is 109 cm³/mol. The zero-order valence-electron chi connectivity index (χ0n) is 17.5. The predicted octanol–water partition coefficient (Wildman–Crippen LogP) is 8.01. The molecule has 0 nitrogen and oxygen atoms in total. The van der Waals surface area contributed by atoms with Gasteiger partial charge in [-0.3, -0.25) is 0 Å². The zero-order valence-corrected chi connectivity index (χ0v) is 17.5. The van der Waals surface area contributed by atoms with Crippen molar-refractivity contribution in [1.29, 1.82) is 0 Å². The highest BCUT2D eigenvalue weighted by molar-refractivity contribution is 5.10. The van der Waals surface area contributed by atoms with E-state index in [0.29, 0.717) is 10.8 Å². The van der Waals surface area contributed by atoms with E-state index in [2.05, 4.69) is 20.8 Å². The van der Waals surface area contributed by atoms with Crippen molar-refractivity contribution in [1.82, 2.24) is 0 Å². The van der Waals surface area contributed by atoms with Crippen molar-refractivity contribution in [3.05, 3.63) is 0 Å². The summed E-state index contributed by atoms with van der Waals surface area (Å²) in [5.74, 6) is 5.27. The highest BCUT2D eigenvalue weighted by Crippen LogP contribution is 2.69. The zero-order chi connectivity index (χ0) is 17.5. The smallest absolute Gasteiger partial charge is 0.0233 e. The minimum Gasteiger partial charge on any atom is -0.0648 e. The molecule has 2 bridgehead atoms. The summed E-state index contributed by atoms with van der Waals surface area (Å²) in [6.45, 7) is 7.98. The third-order valence-electron chi connectivity index (χ3n) is 9.89. The molecule has 4 aliphatic rings. The molecule has 0 amide bonds. The Kier molecular flexibility index (Phi) is 5.29. The van der Waals surface area contributed by atoms with Gasteiger partial charge in [0.05, 0.1) is 0 Å². The fraction of sp³-hybridized carbons (Fsp3) is 1.00. The molecule has 0 aromatic carbocycles. The van der Waals surface area contributed by atoms with E-state index in [1.54, 1.807) is 51.4 Å². The summed E-state index contributed by atoms with van der Waals surface area (Å²) in [6, 6.07) is 0. The fourth-order valence-corrected chi connectivity index (χ4v) is 8.87. The van der Waals surface area contributed by atoms with E-state index >= 15 is 0 Å². The first-order valence-corrected chi connectivity index (χ1v) is 12.1. The second kappa shape index (κ2) is 7.20. The van der Waals surface area contributed by atoms with E-state index in [1.807, 2.05) is 0 Å². The molecule has 4 saturated carbocycles. The van der Waals surface area contributed by atoms with Crippen molar-refractivity contribution in [3.8, 4) is 0 Å². The largest absolute Gasteiger partial charge is 0.0648 e. The van der Waals surface area contributed by atoms with Gasteiger partial charge in [0.15, 0.2) is 0 Å². The molecule has 0 saturated heterocycles. The molecule has 0 N–H and O–H groups in total. The van der Waals surface area contributed by atoms with Gasteiger partial charge in [-0.25, -0.2) is 0 Å². The first kappa shape index (κ1) is 18.4. The van der Waals surface area contributed by atoms with Crippen LogP contribution in [0.3, 0.4) is 0 Å². The number of hydrogen-bond acceptors (Lipinski definition) is 0. The summed E-state index contributed by atoms with van der Waals surface area (Å²) in [4.78, 5) is 0. The lowest BCUT2D eigenvalue weighted by Crippen LogP contribution is -2.49. The van der Waals surface area contributed by atoms with E-state index in [4.69, 9.17) is 0 Å². The Morgan fingerprint density at radius 3 is 2.00 bits per heavy atom. The molecule has 0 heteroatoms. The second-order valence-corrected chi connectivity index (χ2v) is 11.2. The van der Waals surface area contributed by atoms with Crippen molar-refractivity contribution < 1.29 is 0 Å². The van der Waals surface area contributed by atoms with Crippen LogP contribution >= 0.6 is 0 Å². The van der Waals surface area contributed by atoms with Crippen LogP contribution in [-0.2, 0) is 0 Å². The molecule has 144 valence electrons. The Bertz CT molecular complexity index is 437. The van der Waals surface area contributed by atoms with Crippen LogP contribution in [-0.4, -0.2) is 0 Å². The van der Waals surface area contributed by atoms with Gasteiger partial charge in [-0.2, -0.15) is 0 Å². The van der Waals surface area contributed by atoms with Gasteiger partial charge in [0.1, 0.15) is 0 Å². The van der Waals surface area contributed by atoms with E-state index in [0.717, 1.165) is 29.6 Å². The van der Waals surface area contributed by atoms with Crippen LogP contribution in [0.5, 0.6) is 0 Å². The van der Waals surface area contributed by atoms with Crippen LogP contribution in [0, 0.1) is 40.4 Å². The molecule has 0 aromatic heterocycles. The molecule has 4 atom stereocenters. The van der Waals surface area contributed by atoms with Crippen LogP contribution in [0.2, 0.25) is 0 Å². The van der Waals surface area contributed by atoms with Gasteiger partial charge in [0, 0.05) is 0 Å². The maximum Gasteiger partial charge on any atom is -0.0233 e. The van der Waals surface area contributed by atoms with E-state index < -0.39 is 0 Å². The van der Waals surface area contributed by atoms with Crippen molar-refractivity contribution >= 4 is 0 Å². The third kappa shape index (κ3) is 3.12. The lowest BCUT2D eigenvalue weighted by atomic mass is 9.48. The molecule has 4 aliphatic carbocycles. The Hall–Kier alpha value is 0. The topological polar surface area (TPSA) is 0 Å². The van der Waals surface area contributed by atoms with Crippen LogP contribution in [0.1, 0.15) is 117 Å². The van der Waals surface area contributed by atoms with Crippen molar-refractivity contribution in [3.63, 3.8) is 0 Å². The molecule has 4 unspecified atom stereocenters. The van der Waals surface area contributed by atoms with E-state index in [9.17, 15) is 0 Å².